The van der Waals surface area contributed by atoms with E-state index in [-0.39, 0.29) is 10.8 Å². The van der Waals surface area contributed by atoms with Crippen molar-refractivity contribution in [3.05, 3.63) is 99.1 Å². The molecule has 1 heteroatoms. The van der Waals surface area contributed by atoms with Crippen LogP contribution in [0.4, 0.5) is 0 Å². The number of aromatic hydroxyl groups is 1. The molecule has 55 heavy (non-hydrogen) atoms. The Kier molecular flexibility index (Phi) is 21.9. The standard InChI is InChI=1S/C54H86O/c1-9-13-17-21-25-32-44-34-29-39-50(47(44)37-27-23-19-15-11-3)53(5,6)42-46-36-31-41-52(55)49(46)43-54(7,8)51-40-30-35-45(33-26-22-18-14-10-2)48(51)38-28-24-20-16-12-4/h29-31,34-36,39-41,55H,9-28,32-33,37-38,42-43H2,1-8H3. The summed E-state index contributed by atoms with van der Waals surface area (Å²) in [6, 6.07) is 20.7. The van der Waals surface area contributed by atoms with Crippen molar-refractivity contribution in [2.75, 3.05) is 0 Å². The minimum absolute atomic E-state index is 0.0506. The molecule has 0 saturated carbocycles. The zero-order chi connectivity index (χ0) is 39.9. The number of hydrogen-bond acceptors (Lipinski definition) is 1. The average Bonchev–Trinajstić information content (AvgIpc) is 3.16. The van der Waals surface area contributed by atoms with Gasteiger partial charge in [-0.05, 0) is 126 Å². The van der Waals surface area contributed by atoms with Crippen LogP contribution in [0.5, 0.6) is 5.75 Å². The monoisotopic (exact) mass is 751 g/mol. The van der Waals surface area contributed by atoms with Crippen molar-refractivity contribution in [3.8, 4) is 5.75 Å². The Bertz CT molecular complexity index is 1470. The van der Waals surface area contributed by atoms with Crippen molar-refractivity contribution < 1.29 is 5.11 Å². The van der Waals surface area contributed by atoms with E-state index in [0.717, 1.165) is 18.4 Å². The van der Waals surface area contributed by atoms with Crippen molar-refractivity contribution in [2.24, 2.45) is 0 Å². The Hall–Kier alpha value is -2.54. The van der Waals surface area contributed by atoms with Crippen molar-refractivity contribution in [1.29, 1.82) is 0 Å². The third kappa shape index (κ3) is 15.7. The zero-order valence-corrected chi connectivity index (χ0v) is 37.5. The first-order valence-electron chi connectivity index (χ1n) is 23.6. The molecule has 0 aliphatic heterocycles. The van der Waals surface area contributed by atoms with Gasteiger partial charge in [0.1, 0.15) is 5.75 Å². The van der Waals surface area contributed by atoms with Crippen LogP contribution in [0.1, 0.15) is 228 Å². The molecule has 0 spiro atoms. The number of phenols is 1. The molecule has 1 N–H and O–H groups in total. The second-order valence-corrected chi connectivity index (χ2v) is 18.6. The quantitative estimate of drug-likeness (QED) is 0.0673. The van der Waals surface area contributed by atoms with Crippen LogP contribution in [0.2, 0.25) is 0 Å². The Labute approximate surface area is 341 Å². The molecule has 0 aliphatic rings. The van der Waals surface area contributed by atoms with Crippen LogP contribution in [0.25, 0.3) is 0 Å². The highest BCUT2D eigenvalue weighted by Gasteiger charge is 2.31. The molecule has 0 aromatic heterocycles. The number of unbranched alkanes of at least 4 members (excludes halogenated alkanes) is 16. The maximum absolute atomic E-state index is 11.6. The van der Waals surface area contributed by atoms with Crippen LogP contribution in [0.15, 0.2) is 54.6 Å². The predicted octanol–water partition coefficient (Wildman–Crippen LogP) is 16.5. The summed E-state index contributed by atoms with van der Waals surface area (Å²) < 4.78 is 0. The Morgan fingerprint density at radius 2 is 0.709 bits per heavy atom. The van der Waals surface area contributed by atoms with Gasteiger partial charge in [0.2, 0.25) is 0 Å². The largest absolute Gasteiger partial charge is 0.508 e. The average molecular weight is 751 g/mol. The number of aryl methyl sites for hydroxylation is 2. The first kappa shape index (κ1) is 46.8. The van der Waals surface area contributed by atoms with Crippen LogP contribution < -0.4 is 0 Å². The summed E-state index contributed by atoms with van der Waals surface area (Å²) in [5, 5.41) is 11.6. The summed E-state index contributed by atoms with van der Waals surface area (Å²) in [5.41, 5.74) is 11.7. The second kappa shape index (κ2) is 25.7. The molecule has 0 heterocycles. The predicted molar refractivity (Wildman–Crippen MR) is 244 cm³/mol. The summed E-state index contributed by atoms with van der Waals surface area (Å²) >= 11 is 0. The van der Waals surface area contributed by atoms with E-state index in [0.29, 0.717) is 5.75 Å². The van der Waals surface area contributed by atoms with Gasteiger partial charge in [0, 0.05) is 0 Å². The van der Waals surface area contributed by atoms with Gasteiger partial charge in [-0.1, -0.05) is 207 Å². The molecule has 0 radical (unpaired) electrons. The van der Waals surface area contributed by atoms with E-state index in [1.807, 2.05) is 6.07 Å². The lowest BCUT2D eigenvalue weighted by Crippen LogP contribution is -2.27. The molecule has 0 bridgehead atoms. The second-order valence-electron chi connectivity index (χ2n) is 18.6. The van der Waals surface area contributed by atoms with E-state index in [1.165, 1.54) is 171 Å². The van der Waals surface area contributed by atoms with Crippen molar-refractivity contribution >= 4 is 0 Å². The SMILES string of the molecule is CCCCCCCc1cccc(C(C)(C)Cc2cccc(O)c2CC(C)(C)c2cccc(CCCCCCC)c2CCCCCCC)c1CCCCCCC. The van der Waals surface area contributed by atoms with Crippen molar-refractivity contribution in [3.63, 3.8) is 0 Å². The summed E-state index contributed by atoms with van der Waals surface area (Å²) in [7, 11) is 0. The van der Waals surface area contributed by atoms with Crippen LogP contribution in [-0.2, 0) is 49.4 Å². The molecule has 3 rings (SSSR count). The van der Waals surface area contributed by atoms with E-state index in [1.54, 1.807) is 22.3 Å². The third-order valence-electron chi connectivity index (χ3n) is 12.7. The highest BCUT2D eigenvalue weighted by atomic mass is 16.3. The van der Waals surface area contributed by atoms with E-state index in [9.17, 15) is 5.11 Å². The first-order valence-corrected chi connectivity index (χ1v) is 23.6. The molecule has 308 valence electrons. The number of benzene rings is 3. The number of phenolic OH excluding ortho intramolecular Hbond substituents is 1. The van der Waals surface area contributed by atoms with Crippen LogP contribution in [-0.4, -0.2) is 5.11 Å². The van der Waals surface area contributed by atoms with Gasteiger partial charge in [0.25, 0.3) is 0 Å². The molecule has 0 amide bonds. The minimum atomic E-state index is -0.101. The van der Waals surface area contributed by atoms with E-state index < -0.39 is 0 Å². The van der Waals surface area contributed by atoms with Gasteiger partial charge in [-0.3, -0.25) is 0 Å². The van der Waals surface area contributed by atoms with Gasteiger partial charge < -0.3 is 5.11 Å². The molecule has 3 aromatic rings. The van der Waals surface area contributed by atoms with Crippen molar-refractivity contribution in [2.45, 2.75) is 233 Å². The summed E-state index contributed by atoms with van der Waals surface area (Å²) in [6.07, 6.45) is 32.9. The molecule has 3 aromatic carbocycles. The molecular formula is C54H86O. The highest BCUT2D eigenvalue weighted by molar-refractivity contribution is 5.47. The van der Waals surface area contributed by atoms with E-state index in [4.69, 9.17) is 0 Å². The molecular weight excluding hydrogens is 665 g/mol. The van der Waals surface area contributed by atoms with E-state index in [2.05, 4.69) is 104 Å². The topological polar surface area (TPSA) is 20.2 Å². The molecule has 0 aliphatic carbocycles. The normalized spacial score (nSPS) is 12.1. The van der Waals surface area contributed by atoms with E-state index >= 15 is 0 Å². The number of rotatable bonds is 30. The fraction of sp³-hybridized carbons (Fsp3) is 0.667. The van der Waals surface area contributed by atoms with Gasteiger partial charge in [-0.2, -0.15) is 0 Å². The molecule has 0 fully saturated rings. The van der Waals surface area contributed by atoms with Gasteiger partial charge in [-0.15, -0.1) is 0 Å². The summed E-state index contributed by atoms with van der Waals surface area (Å²) in [6.45, 7) is 19.1. The van der Waals surface area contributed by atoms with Gasteiger partial charge in [-0.25, -0.2) is 0 Å². The first-order chi connectivity index (χ1) is 26.6. The van der Waals surface area contributed by atoms with Gasteiger partial charge in [0.05, 0.1) is 0 Å². The Morgan fingerprint density at radius 1 is 0.364 bits per heavy atom. The maximum atomic E-state index is 11.6. The minimum Gasteiger partial charge on any atom is -0.508 e. The molecule has 0 saturated heterocycles. The lowest BCUT2D eigenvalue weighted by Gasteiger charge is -2.33. The van der Waals surface area contributed by atoms with Crippen LogP contribution in [0, 0.1) is 0 Å². The molecule has 0 atom stereocenters. The zero-order valence-electron chi connectivity index (χ0n) is 37.5. The lowest BCUT2D eigenvalue weighted by molar-refractivity contribution is 0.441. The van der Waals surface area contributed by atoms with Crippen LogP contribution >= 0.6 is 0 Å². The smallest absolute Gasteiger partial charge is 0.119 e. The lowest BCUT2D eigenvalue weighted by atomic mass is 9.71. The van der Waals surface area contributed by atoms with Gasteiger partial charge >= 0.3 is 0 Å². The van der Waals surface area contributed by atoms with Gasteiger partial charge in [0.15, 0.2) is 0 Å². The fourth-order valence-electron chi connectivity index (χ4n) is 9.34. The summed E-state index contributed by atoms with van der Waals surface area (Å²) in [4.78, 5) is 0. The number of hydrogen-bond donors (Lipinski definition) is 1. The third-order valence-corrected chi connectivity index (χ3v) is 12.7. The Morgan fingerprint density at radius 3 is 1.13 bits per heavy atom. The van der Waals surface area contributed by atoms with Crippen molar-refractivity contribution in [1.82, 2.24) is 0 Å². The molecule has 1 nitrogen and oxygen atoms in total. The maximum Gasteiger partial charge on any atom is 0.119 e. The fourth-order valence-corrected chi connectivity index (χ4v) is 9.34. The highest BCUT2D eigenvalue weighted by Crippen LogP contribution is 2.40. The molecule has 0 unspecified atom stereocenters. The Balaban J connectivity index is 1.94. The van der Waals surface area contributed by atoms with Crippen LogP contribution in [0.3, 0.4) is 0 Å². The summed E-state index contributed by atoms with van der Waals surface area (Å²) in [5.74, 6) is 0.464.